The Hall–Kier alpha value is -1.68. The zero-order valence-corrected chi connectivity index (χ0v) is 13.0. The maximum Gasteiger partial charge on any atom is 0.0977 e. The molecule has 0 aliphatic heterocycles. The number of benzene rings is 2. The third kappa shape index (κ3) is 3.32. The van der Waals surface area contributed by atoms with Crippen LogP contribution in [0.5, 0.6) is 0 Å². The Balaban J connectivity index is 1.81. The minimum absolute atomic E-state index is 0.565. The summed E-state index contributed by atoms with van der Waals surface area (Å²) in [5.41, 5.74) is 9.98. The molecule has 0 saturated heterocycles. The number of thiazole rings is 1. The van der Waals surface area contributed by atoms with Gasteiger partial charge in [0.1, 0.15) is 0 Å². The highest BCUT2D eigenvalue weighted by atomic mass is 35.5. The first-order chi connectivity index (χ1) is 10.3. The van der Waals surface area contributed by atoms with Gasteiger partial charge in [-0.3, -0.25) is 0 Å². The molecule has 0 unspecified atom stereocenters. The summed E-state index contributed by atoms with van der Waals surface area (Å²) in [5.74, 6) is 0. The quantitative estimate of drug-likeness (QED) is 0.769. The van der Waals surface area contributed by atoms with Crippen LogP contribution in [-0.4, -0.2) is 4.98 Å². The van der Waals surface area contributed by atoms with Crippen molar-refractivity contribution in [1.82, 2.24) is 4.98 Å². The van der Waals surface area contributed by atoms with Crippen molar-refractivity contribution in [3.8, 4) is 11.3 Å². The van der Waals surface area contributed by atoms with Gasteiger partial charge in [0.15, 0.2) is 0 Å². The first kappa shape index (κ1) is 14.3. The van der Waals surface area contributed by atoms with E-state index in [4.69, 9.17) is 22.3 Å². The number of nitrogens with zero attached hydrogens (tertiary/aromatic N) is 1. The molecule has 0 atom stereocenters. The van der Waals surface area contributed by atoms with Crippen LogP contribution in [0.3, 0.4) is 0 Å². The molecule has 3 rings (SSSR count). The van der Waals surface area contributed by atoms with E-state index < -0.39 is 0 Å². The van der Waals surface area contributed by atoms with E-state index in [-0.39, 0.29) is 0 Å². The van der Waals surface area contributed by atoms with Crippen LogP contribution in [0.25, 0.3) is 11.3 Å². The number of rotatable bonds is 4. The van der Waals surface area contributed by atoms with Crippen LogP contribution >= 0.6 is 22.9 Å². The average molecular weight is 315 g/mol. The van der Waals surface area contributed by atoms with E-state index in [0.717, 1.165) is 38.8 Å². The predicted molar refractivity (Wildman–Crippen MR) is 89.7 cm³/mol. The van der Waals surface area contributed by atoms with Crippen molar-refractivity contribution in [3.05, 3.63) is 75.1 Å². The van der Waals surface area contributed by atoms with Gasteiger partial charge in [0.25, 0.3) is 0 Å². The van der Waals surface area contributed by atoms with Crippen molar-refractivity contribution in [1.29, 1.82) is 0 Å². The molecule has 0 fully saturated rings. The van der Waals surface area contributed by atoms with Crippen LogP contribution in [-0.2, 0) is 13.0 Å². The summed E-state index contributed by atoms with van der Waals surface area (Å²) in [4.78, 5) is 4.70. The van der Waals surface area contributed by atoms with E-state index in [1.54, 1.807) is 11.3 Å². The fraction of sp³-hybridized carbons (Fsp3) is 0.118. The molecule has 2 N–H and O–H groups in total. The van der Waals surface area contributed by atoms with Gasteiger partial charge in [-0.1, -0.05) is 54.1 Å². The molecule has 2 nitrogen and oxygen atoms in total. The molecule has 0 radical (unpaired) electrons. The Morgan fingerprint density at radius 2 is 1.81 bits per heavy atom. The molecule has 1 heterocycles. The van der Waals surface area contributed by atoms with Crippen molar-refractivity contribution in [2.75, 3.05) is 0 Å². The fourth-order valence-corrected chi connectivity index (χ4v) is 3.17. The van der Waals surface area contributed by atoms with Crippen molar-refractivity contribution in [3.63, 3.8) is 0 Å². The SMILES string of the molecule is NCc1ccc(-c2csc(Cc3ccccc3Cl)n2)cc1. The minimum Gasteiger partial charge on any atom is -0.326 e. The number of halogens is 1. The predicted octanol–water partition coefficient (Wildman–Crippen LogP) is 4.51. The van der Waals surface area contributed by atoms with E-state index in [2.05, 4.69) is 17.5 Å². The van der Waals surface area contributed by atoms with Crippen LogP contribution in [0, 0.1) is 0 Å². The summed E-state index contributed by atoms with van der Waals surface area (Å²) in [7, 11) is 0. The van der Waals surface area contributed by atoms with E-state index >= 15 is 0 Å². The number of hydrogen-bond donors (Lipinski definition) is 1. The summed E-state index contributed by atoms with van der Waals surface area (Å²) in [6.07, 6.45) is 0.769. The van der Waals surface area contributed by atoms with Gasteiger partial charge in [-0.15, -0.1) is 11.3 Å². The first-order valence-corrected chi connectivity index (χ1v) is 7.99. The molecule has 4 heteroatoms. The standard InChI is InChI=1S/C17H15ClN2S/c18-15-4-2-1-3-14(15)9-17-20-16(11-21-17)13-7-5-12(10-19)6-8-13/h1-8,11H,9-10,19H2. The van der Waals surface area contributed by atoms with Crippen LogP contribution in [0.1, 0.15) is 16.1 Å². The molecule has 3 aromatic rings. The molecular weight excluding hydrogens is 300 g/mol. The van der Waals surface area contributed by atoms with Crippen LogP contribution in [0.4, 0.5) is 0 Å². The molecular formula is C17H15ClN2S. The average Bonchev–Trinajstić information content (AvgIpc) is 2.98. The second kappa shape index (κ2) is 6.39. The zero-order chi connectivity index (χ0) is 14.7. The van der Waals surface area contributed by atoms with Gasteiger partial charge in [-0.25, -0.2) is 4.98 Å². The van der Waals surface area contributed by atoms with Gasteiger partial charge in [0, 0.05) is 28.9 Å². The Kier molecular flexibility index (Phi) is 4.34. The highest BCUT2D eigenvalue weighted by molar-refractivity contribution is 7.10. The minimum atomic E-state index is 0.565. The summed E-state index contributed by atoms with van der Waals surface area (Å²) >= 11 is 7.86. The van der Waals surface area contributed by atoms with Gasteiger partial charge in [-0.2, -0.15) is 0 Å². The Morgan fingerprint density at radius 3 is 2.52 bits per heavy atom. The topological polar surface area (TPSA) is 38.9 Å². The van der Waals surface area contributed by atoms with E-state index in [1.807, 2.05) is 36.4 Å². The summed E-state index contributed by atoms with van der Waals surface area (Å²) in [5, 5.41) is 3.95. The molecule has 2 aromatic carbocycles. The molecule has 0 saturated carbocycles. The van der Waals surface area contributed by atoms with Crippen molar-refractivity contribution in [2.45, 2.75) is 13.0 Å². The van der Waals surface area contributed by atoms with Gasteiger partial charge in [0.2, 0.25) is 0 Å². The van der Waals surface area contributed by atoms with Crippen LogP contribution < -0.4 is 5.73 Å². The fourth-order valence-electron chi connectivity index (χ4n) is 2.14. The molecule has 21 heavy (non-hydrogen) atoms. The Morgan fingerprint density at radius 1 is 1.05 bits per heavy atom. The van der Waals surface area contributed by atoms with Crippen molar-refractivity contribution in [2.24, 2.45) is 5.73 Å². The lowest BCUT2D eigenvalue weighted by atomic mass is 10.1. The van der Waals surface area contributed by atoms with Gasteiger partial charge < -0.3 is 5.73 Å². The lowest BCUT2D eigenvalue weighted by molar-refractivity contribution is 1.07. The second-order valence-electron chi connectivity index (χ2n) is 4.80. The van der Waals surface area contributed by atoms with Gasteiger partial charge in [0.05, 0.1) is 10.7 Å². The smallest absolute Gasteiger partial charge is 0.0977 e. The van der Waals surface area contributed by atoms with Gasteiger partial charge >= 0.3 is 0 Å². The van der Waals surface area contributed by atoms with Gasteiger partial charge in [-0.05, 0) is 17.2 Å². The largest absolute Gasteiger partial charge is 0.326 e. The molecule has 0 aliphatic rings. The first-order valence-electron chi connectivity index (χ1n) is 6.73. The molecule has 0 spiro atoms. The second-order valence-corrected chi connectivity index (χ2v) is 6.15. The molecule has 0 bridgehead atoms. The summed E-state index contributed by atoms with van der Waals surface area (Å²) < 4.78 is 0. The molecule has 0 aliphatic carbocycles. The zero-order valence-electron chi connectivity index (χ0n) is 11.4. The van der Waals surface area contributed by atoms with Crippen molar-refractivity contribution < 1.29 is 0 Å². The van der Waals surface area contributed by atoms with E-state index in [1.165, 1.54) is 0 Å². The van der Waals surface area contributed by atoms with Crippen molar-refractivity contribution >= 4 is 22.9 Å². The number of nitrogens with two attached hydrogens (primary N) is 1. The van der Waals surface area contributed by atoms with Crippen LogP contribution in [0.2, 0.25) is 5.02 Å². The summed E-state index contributed by atoms with van der Waals surface area (Å²) in [6, 6.07) is 16.1. The van der Waals surface area contributed by atoms with Crippen LogP contribution in [0.15, 0.2) is 53.9 Å². The normalized spacial score (nSPS) is 10.8. The Bertz CT molecular complexity index is 735. The molecule has 0 amide bonds. The maximum atomic E-state index is 6.20. The molecule has 1 aromatic heterocycles. The third-order valence-electron chi connectivity index (χ3n) is 3.34. The Labute approximate surface area is 133 Å². The highest BCUT2D eigenvalue weighted by Gasteiger charge is 2.07. The summed E-state index contributed by atoms with van der Waals surface area (Å²) in [6.45, 7) is 0.565. The monoisotopic (exact) mass is 314 g/mol. The highest BCUT2D eigenvalue weighted by Crippen LogP contribution is 2.25. The lowest BCUT2D eigenvalue weighted by Gasteiger charge is -2.01. The van der Waals surface area contributed by atoms with E-state index in [9.17, 15) is 0 Å². The lowest BCUT2D eigenvalue weighted by Crippen LogP contribution is -1.95. The number of aromatic nitrogens is 1. The molecule has 106 valence electrons. The maximum absolute atomic E-state index is 6.20. The van der Waals surface area contributed by atoms with E-state index in [0.29, 0.717) is 6.54 Å². The number of hydrogen-bond acceptors (Lipinski definition) is 3. The third-order valence-corrected chi connectivity index (χ3v) is 4.55.